The van der Waals surface area contributed by atoms with Crippen LogP contribution in [0.15, 0.2) is 10.7 Å². The van der Waals surface area contributed by atoms with E-state index in [9.17, 15) is 13.2 Å². The summed E-state index contributed by atoms with van der Waals surface area (Å²) in [5.41, 5.74) is 5.47. The average Bonchev–Trinajstić information content (AvgIpc) is 2.10. The molecule has 0 radical (unpaired) electrons. The molecule has 0 saturated heterocycles. The highest BCUT2D eigenvalue weighted by atomic mass is 79.9. The van der Waals surface area contributed by atoms with Crippen LogP contribution in [0, 0.1) is 0 Å². The van der Waals surface area contributed by atoms with E-state index < -0.39 is 12.7 Å². The fraction of sp³-hybridized carbons (Fsp3) is 0.556. The van der Waals surface area contributed by atoms with Gasteiger partial charge in [-0.25, -0.2) is 4.98 Å². The molecular formula is C9H12BrF3N4. The lowest BCUT2D eigenvalue weighted by atomic mass is 10.3. The molecule has 8 heteroatoms. The van der Waals surface area contributed by atoms with Crippen molar-refractivity contribution < 1.29 is 13.2 Å². The topological polar surface area (TPSA) is 55.0 Å². The molecule has 4 nitrogen and oxygen atoms in total. The molecule has 96 valence electrons. The van der Waals surface area contributed by atoms with Gasteiger partial charge >= 0.3 is 6.18 Å². The highest BCUT2D eigenvalue weighted by molar-refractivity contribution is 9.10. The Balaban J connectivity index is 3.05. The summed E-state index contributed by atoms with van der Waals surface area (Å²) < 4.78 is 37.6. The summed E-state index contributed by atoms with van der Waals surface area (Å²) in [6.45, 7) is 2.15. The standard InChI is InChI=1S/C9H12BrF3N4/c1-5(2)17(4-9(11,12)13)8-15-6(10)3-7(14)16-8/h3,5H,4H2,1-2H3,(H2,14,15,16). The number of alkyl halides is 3. The van der Waals surface area contributed by atoms with E-state index in [0.29, 0.717) is 4.60 Å². The van der Waals surface area contributed by atoms with Crippen LogP contribution in [0.1, 0.15) is 13.8 Å². The normalized spacial score (nSPS) is 11.9. The first-order chi connectivity index (χ1) is 7.69. The SMILES string of the molecule is CC(C)N(CC(F)(F)F)c1nc(N)cc(Br)n1. The third-order valence-electron chi connectivity index (χ3n) is 1.93. The third kappa shape index (κ3) is 4.37. The van der Waals surface area contributed by atoms with Gasteiger partial charge in [-0.05, 0) is 29.8 Å². The fourth-order valence-corrected chi connectivity index (χ4v) is 1.62. The summed E-state index contributed by atoms with van der Waals surface area (Å²) in [7, 11) is 0. The summed E-state index contributed by atoms with van der Waals surface area (Å²) in [5.74, 6) is 0.0823. The zero-order chi connectivity index (χ0) is 13.2. The van der Waals surface area contributed by atoms with E-state index in [1.165, 1.54) is 6.07 Å². The fourth-order valence-electron chi connectivity index (χ4n) is 1.23. The maximum absolute atomic E-state index is 12.4. The average molecular weight is 313 g/mol. The van der Waals surface area contributed by atoms with E-state index in [0.717, 1.165) is 4.90 Å². The Hall–Kier alpha value is -1.05. The minimum atomic E-state index is -4.31. The molecule has 0 aliphatic carbocycles. The third-order valence-corrected chi connectivity index (χ3v) is 2.34. The molecule has 0 amide bonds. The van der Waals surface area contributed by atoms with Crippen LogP contribution in [0.4, 0.5) is 24.9 Å². The second-order valence-corrected chi connectivity index (χ2v) is 4.56. The van der Waals surface area contributed by atoms with E-state index in [1.54, 1.807) is 13.8 Å². The van der Waals surface area contributed by atoms with Crippen LogP contribution in [0.3, 0.4) is 0 Å². The number of aromatic nitrogens is 2. The number of rotatable bonds is 3. The number of nitrogens with two attached hydrogens (primary N) is 1. The van der Waals surface area contributed by atoms with E-state index >= 15 is 0 Å². The minimum Gasteiger partial charge on any atom is -0.383 e. The number of halogens is 4. The molecule has 0 fully saturated rings. The van der Waals surface area contributed by atoms with Crippen molar-refractivity contribution in [2.75, 3.05) is 17.2 Å². The summed E-state index contributed by atoms with van der Waals surface area (Å²) in [4.78, 5) is 8.74. The molecule has 0 saturated carbocycles. The van der Waals surface area contributed by atoms with E-state index in [4.69, 9.17) is 5.73 Å². The molecule has 0 unspecified atom stereocenters. The van der Waals surface area contributed by atoms with Crippen LogP contribution >= 0.6 is 15.9 Å². The molecule has 2 N–H and O–H groups in total. The van der Waals surface area contributed by atoms with Crippen LogP contribution in [0.25, 0.3) is 0 Å². The molecule has 1 heterocycles. The first kappa shape index (κ1) is 14.0. The number of anilines is 2. The van der Waals surface area contributed by atoms with Crippen LogP contribution in [-0.2, 0) is 0 Å². The lowest BCUT2D eigenvalue weighted by molar-refractivity contribution is -0.120. The second-order valence-electron chi connectivity index (χ2n) is 3.75. The molecule has 1 rings (SSSR count). The lowest BCUT2D eigenvalue weighted by Gasteiger charge is -2.27. The van der Waals surface area contributed by atoms with Gasteiger partial charge in [0.15, 0.2) is 0 Å². The first-order valence-corrected chi connectivity index (χ1v) is 5.62. The number of hydrogen-bond acceptors (Lipinski definition) is 4. The van der Waals surface area contributed by atoms with Crippen molar-refractivity contribution >= 4 is 27.7 Å². The quantitative estimate of drug-likeness (QED) is 0.872. The molecule has 1 aromatic heterocycles. The van der Waals surface area contributed by atoms with Crippen LogP contribution in [0.2, 0.25) is 0 Å². The molecule has 0 aliphatic rings. The number of nitrogens with zero attached hydrogens (tertiary/aromatic N) is 3. The Morgan fingerprint density at radius 1 is 1.41 bits per heavy atom. The van der Waals surface area contributed by atoms with Gasteiger partial charge in [0, 0.05) is 12.1 Å². The highest BCUT2D eigenvalue weighted by Gasteiger charge is 2.33. The smallest absolute Gasteiger partial charge is 0.383 e. The maximum Gasteiger partial charge on any atom is 0.406 e. The molecule has 17 heavy (non-hydrogen) atoms. The van der Waals surface area contributed by atoms with Crippen molar-refractivity contribution in [2.45, 2.75) is 26.1 Å². The molecule has 0 atom stereocenters. The van der Waals surface area contributed by atoms with E-state index in [2.05, 4.69) is 25.9 Å². The molecule has 1 aromatic rings. The minimum absolute atomic E-state index is 0.0378. The largest absolute Gasteiger partial charge is 0.406 e. The van der Waals surface area contributed by atoms with Gasteiger partial charge in [0.05, 0.1) is 0 Å². The van der Waals surface area contributed by atoms with Gasteiger partial charge < -0.3 is 10.6 Å². The second kappa shape index (κ2) is 5.07. The van der Waals surface area contributed by atoms with Crippen molar-refractivity contribution in [3.05, 3.63) is 10.7 Å². The molecule has 0 aromatic carbocycles. The monoisotopic (exact) mass is 312 g/mol. The zero-order valence-electron chi connectivity index (χ0n) is 9.29. The van der Waals surface area contributed by atoms with Gasteiger partial charge in [-0.3, -0.25) is 0 Å². The van der Waals surface area contributed by atoms with Crippen molar-refractivity contribution in [1.82, 2.24) is 9.97 Å². The lowest BCUT2D eigenvalue weighted by Crippen LogP contribution is -2.40. The van der Waals surface area contributed by atoms with Crippen molar-refractivity contribution in [2.24, 2.45) is 0 Å². The van der Waals surface area contributed by atoms with E-state index in [1.807, 2.05) is 0 Å². The molecule has 0 bridgehead atoms. The van der Waals surface area contributed by atoms with Crippen LogP contribution < -0.4 is 10.6 Å². The summed E-state index contributed by atoms with van der Waals surface area (Å²) >= 11 is 3.07. The summed E-state index contributed by atoms with van der Waals surface area (Å²) in [6, 6.07) is 1.04. The van der Waals surface area contributed by atoms with Gasteiger partial charge in [-0.1, -0.05) is 0 Å². The molecular weight excluding hydrogens is 301 g/mol. The van der Waals surface area contributed by atoms with Gasteiger partial charge in [0.1, 0.15) is 17.0 Å². The van der Waals surface area contributed by atoms with Gasteiger partial charge in [-0.15, -0.1) is 0 Å². The Morgan fingerprint density at radius 3 is 2.41 bits per heavy atom. The Labute approximate surface area is 105 Å². The number of nitrogen functional groups attached to an aromatic ring is 1. The Morgan fingerprint density at radius 2 is 2.00 bits per heavy atom. The maximum atomic E-state index is 12.4. The molecule has 0 spiro atoms. The zero-order valence-corrected chi connectivity index (χ0v) is 10.9. The highest BCUT2D eigenvalue weighted by Crippen LogP contribution is 2.23. The first-order valence-electron chi connectivity index (χ1n) is 4.82. The van der Waals surface area contributed by atoms with Crippen LogP contribution in [0.5, 0.6) is 0 Å². The summed E-state index contributed by atoms with van der Waals surface area (Å²) in [6.07, 6.45) is -4.31. The van der Waals surface area contributed by atoms with E-state index in [-0.39, 0.29) is 17.8 Å². The van der Waals surface area contributed by atoms with Crippen molar-refractivity contribution in [3.63, 3.8) is 0 Å². The van der Waals surface area contributed by atoms with Crippen molar-refractivity contribution in [1.29, 1.82) is 0 Å². The van der Waals surface area contributed by atoms with Gasteiger partial charge in [0.2, 0.25) is 5.95 Å². The van der Waals surface area contributed by atoms with Gasteiger partial charge in [-0.2, -0.15) is 18.2 Å². The Bertz CT molecular complexity index is 374. The van der Waals surface area contributed by atoms with Gasteiger partial charge in [0.25, 0.3) is 0 Å². The summed E-state index contributed by atoms with van der Waals surface area (Å²) in [5, 5.41) is 0. The van der Waals surface area contributed by atoms with Crippen LogP contribution in [-0.4, -0.2) is 28.7 Å². The predicted octanol–water partition coefficient (Wildman–Crippen LogP) is 2.60. The molecule has 0 aliphatic heterocycles. The predicted molar refractivity (Wildman–Crippen MR) is 62.7 cm³/mol. The Kier molecular flexibility index (Phi) is 4.18. The van der Waals surface area contributed by atoms with Crippen molar-refractivity contribution in [3.8, 4) is 0 Å². The number of hydrogen-bond donors (Lipinski definition) is 1.